The molecule has 9 heteroatoms. The van der Waals surface area contributed by atoms with Crippen molar-refractivity contribution >= 4 is 33.5 Å². The first-order valence-corrected chi connectivity index (χ1v) is 7.47. The number of aromatic nitrogens is 2. The molecule has 1 N–H and O–H groups in total. The lowest BCUT2D eigenvalue weighted by molar-refractivity contribution is -0.384. The highest BCUT2D eigenvalue weighted by Crippen LogP contribution is 2.24. The van der Waals surface area contributed by atoms with Crippen molar-refractivity contribution in [2.24, 2.45) is 0 Å². The molecule has 0 saturated carbocycles. The van der Waals surface area contributed by atoms with Crippen molar-refractivity contribution < 1.29 is 14.1 Å². The Bertz CT molecular complexity index is 908. The van der Waals surface area contributed by atoms with Gasteiger partial charge in [-0.2, -0.15) is 0 Å². The summed E-state index contributed by atoms with van der Waals surface area (Å²) < 4.78 is 6.19. The number of rotatable bonds is 4. The summed E-state index contributed by atoms with van der Waals surface area (Å²) in [5.74, 6) is -0.332. The van der Waals surface area contributed by atoms with E-state index in [0.717, 1.165) is 4.47 Å². The number of nitrogens with one attached hydrogen (secondary N) is 1. The van der Waals surface area contributed by atoms with Crippen molar-refractivity contribution in [1.29, 1.82) is 0 Å². The Morgan fingerprint density at radius 1 is 1.17 bits per heavy atom. The van der Waals surface area contributed by atoms with Crippen molar-refractivity contribution in [2.45, 2.75) is 0 Å². The Labute approximate surface area is 143 Å². The second-order valence-electron chi connectivity index (χ2n) is 4.68. The van der Waals surface area contributed by atoms with Gasteiger partial charge in [0.25, 0.3) is 11.6 Å². The molecule has 24 heavy (non-hydrogen) atoms. The number of anilines is 1. The fourth-order valence-corrected chi connectivity index (χ4v) is 2.18. The average molecular weight is 389 g/mol. The van der Waals surface area contributed by atoms with E-state index in [0.29, 0.717) is 11.1 Å². The molecule has 3 rings (SSSR count). The number of carbonyl (C=O) groups is 1. The first kappa shape index (κ1) is 15.8. The molecule has 0 radical (unpaired) electrons. The van der Waals surface area contributed by atoms with Crippen LogP contribution in [0.5, 0.6) is 0 Å². The molecule has 1 aromatic heterocycles. The van der Waals surface area contributed by atoms with Crippen molar-refractivity contribution in [2.75, 3.05) is 5.32 Å². The highest BCUT2D eigenvalue weighted by atomic mass is 79.9. The lowest BCUT2D eigenvalue weighted by Crippen LogP contribution is -2.11. The normalized spacial score (nSPS) is 10.4. The minimum atomic E-state index is -0.518. The molecule has 0 fully saturated rings. The van der Waals surface area contributed by atoms with Gasteiger partial charge in [0, 0.05) is 27.7 Å². The second-order valence-corrected chi connectivity index (χ2v) is 5.60. The number of halogens is 1. The summed E-state index contributed by atoms with van der Waals surface area (Å²) in [6.45, 7) is 0. The number of carbonyl (C=O) groups excluding carboxylic acids is 1. The topological polar surface area (TPSA) is 111 Å². The van der Waals surface area contributed by atoms with Crippen molar-refractivity contribution in [3.05, 3.63) is 68.7 Å². The van der Waals surface area contributed by atoms with Crippen LogP contribution in [0.3, 0.4) is 0 Å². The van der Waals surface area contributed by atoms with E-state index in [2.05, 4.69) is 31.4 Å². The zero-order valence-electron chi connectivity index (χ0n) is 12.0. The highest BCUT2D eigenvalue weighted by Gasteiger charge is 2.15. The number of amides is 1. The van der Waals surface area contributed by atoms with Crippen LogP contribution in [0.25, 0.3) is 11.5 Å². The number of hydrogen-bond donors (Lipinski definition) is 1. The number of nitrogens with zero attached hydrogens (tertiary/aromatic N) is 3. The molecular weight excluding hydrogens is 380 g/mol. The lowest BCUT2D eigenvalue weighted by atomic mass is 10.2. The molecule has 0 unspecified atom stereocenters. The van der Waals surface area contributed by atoms with Gasteiger partial charge in [0.05, 0.1) is 4.92 Å². The van der Waals surface area contributed by atoms with Crippen molar-refractivity contribution in [1.82, 2.24) is 10.2 Å². The molecule has 2 aromatic carbocycles. The van der Waals surface area contributed by atoms with E-state index in [1.165, 1.54) is 18.2 Å². The maximum Gasteiger partial charge on any atom is 0.322 e. The van der Waals surface area contributed by atoms with Gasteiger partial charge in [-0.1, -0.05) is 27.1 Å². The van der Waals surface area contributed by atoms with Gasteiger partial charge in [-0.3, -0.25) is 20.2 Å². The Morgan fingerprint density at radius 3 is 2.62 bits per heavy atom. The largest absolute Gasteiger partial charge is 0.403 e. The summed E-state index contributed by atoms with van der Waals surface area (Å²) in [4.78, 5) is 22.3. The molecular formula is C15H9BrN4O4. The van der Waals surface area contributed by atoms with Gasteiger partial charge in [-0.15, -0.1) is 5.10 Å². The van der Waals surface area contributed by atoms with E-state index in [4.69, 9.17) is 4.42 Å². The molecule has 0 saturated heterocycles. The third-order valence-corrected chi connectivity index (χ3v) is 3.58. The molecule has 3 aromatic rings. The van der Waals surface area contributed by atoms with Gasteiger partial charge >= 0.3 is 6.01 Å². The van der Waals surface area contributed by atoms with Gasteiger partial charge in [0.2, 0.25) is 5.89 Å². The minimum absolute atomic E-state index is 0.0739. The van der Waals surface area contributed by atoms with Crippen LogP contribution in [0.1, 0.15) is 10.4 Å². The van der Waals surface area contributed by atoms with E-state index in [9.17, 15) is 14.9 Å². The molecule has 1 heterocycles. The highest BCUT2D eigenvalue weighted by molar-refractivity contribution is 9.10. The number of benzene rings is 2. The number of nitro benzene ring substituents is 1. The monoisotopic (exact) mass is 388 g/mol. The van der Waals surface area contributed by atoms with Gasteiger partial charge < -0.3 is 4.42 Å². The van der Waals surface area contributed by atoms with Crippen LogP contribution in [0, 0.1) is 10.1 Å². The molecule has 120 valence electrons. The molecule has 0 spiro atoms. The fraction of sp³-hybridized carbons (Fsp3) is 0. The van der Waals surface area contributed by atoms with Crippen molar-refractivity contribution in [3.8, 4) is 11.5 Å². The number of hydrogen-bond acceptors (Lipinski definition) is 6. The fourth-order valence-electron chi connectivity index (χ4n) is 1.91. The lowest BCUT2D eigenvalue weighted by Gasteiger charge is -2.00. The molecule has 0 aliphatic heterocycles. The summed E-state index contributed by atoms with van der Waals surface area (Å²) in [6, 6.07) is 12.4. The maximum absolute atomic E-state index is 12.1. The Morgan fingerprint density at radius 2 is 1.92 bits per heavy atom. The van der Waals surface area contributed by atoms with Gasteiger partial charge in [-0.05, 0) is 30.3 Å². The Balaban J connectivity index is 1.78. The third-order valence-electron chi connectivity index (χ3n) is 3.06. The minimum Gasteiger partial charge on any atom is -0.403 e. The van der Waals surface area contributed by atoms with Crippen molar-refractivity contribution in [3.63, 3.8) is 0 Å². The second kappa shape index (κ2) is 6.59. The van der Waals surface area contributed by atoms with Crippen LogP contribution in [-0.2, 0) is 0 Å². The quantitative estimate of drug-likeness (QED) is 0.539. The van der Waals surface area contributed by atoms with Crippen LogP contribution in [0.4, 0.5) is 11.7 Å². The van der Waals surface area contributed by atoms with Crippen LogP contribution in [0.2, 0.25) is 0 Å². The zero-order chi connectivity index (χ0) is 17.1. The summed E-state index contributed by atoms with van der Waals surface area (Å²) >= 11 is 3.29. The van der Waals surface area contributed by atoms with Crippen LogP contribution >= 0.6 is 15.9 Å². The summed E-state index contributed by atoms with van der Waals surface area (Å²) in [7, 11) is 0. The molecule has 0 aliphatic carbocycles. The molecule has 1 amide bonds. The molecule has 0 aliphatic rings. The Hall–Kier alpha value is -3.07. The first-order valence-electron chi connectivity index (χ1n) is 6.68. The average Bonchev–Trinajstić information content (AvgIpc) is 3.04. The standard InChI is InChI=1S/C15H9BrN4O4/c16-11-6-4-9(5-7-11)13(21)17-15-19-18-14(24-15)10-2-1-3-12(8-10)20(22)23/h1-8H,(H,17,19,21). The van der Waals surface area contributed by atoms with E-state index < -0.39 is 10.8 Å². The predicted molar refractivity (Wildman–Crippen MR) is 88.5 cm³/mol. The van der Waals surface area contributed by atoms with E-state index >= 15 is 0 Å². The van der Waals surface area contributed by atoms with E-state index in [1.807, 2.05) is 0 Å². The molecule has 0 atom stereocenters. The first-order chi connectivity index (χ1) is 11.5. The zero-order valence-corrected chi connectivity index (χ0v) is 13.6. The van der Waals surface area contributed by atoms with Crippen LogP contribution in [0.15, 0.2) is 57.4 Å². The summed E-state index contributed by atoms with van der Waals surface area (Å²) in [5.41, 5.74) is 0.722. The smallest absolute Gasteiger partial charge is 0.322 e. The maximum atomic E-state index is 12.1. The SMILES string of the molecule is O=C(Nc1nnc(-c2cccc([N+](=O)[O-])c2)o1)c1ccc(Br)cc1. The van der Waals surface area contributed by atoms with Crippen LogP contribution in [-0.4, -0.2) is 21.0 Å². The summed E-state index contributed by atoms with van der Waals surface area (Å²) in [5, 5.41) is 20.8. The summed E-state index contributed by atoms with van der Waals surface area (Å²) in [6.07, 6.45) is 0. The number of nitro groups is 1. The third kappa shape index (κ3) is 3.46. The van der Waals surface area contributed by atoms with E-state index in [-0.39, 0.29) is 17.6 Å². The predicted octanol–water partition coefficient (Wildman–Crippen LogP) is 3.66. The van der Waals surface area contributed by atoms with Gasteiger partial charge in [-0.25, -0.2) is 0 Å². The van der Waals surface area contributed by atoms with Gasteiger partial charge in [0.1, 0.15) is 0 Å². The Kier molecular flexibility index (Phi) is 4.34. The van der Waals surface area contributed by atoms with E-state index in [1.54, 1.807) is 30.3 Å². The number of non-ortho nitro benzene ring substituents is 1. The molecule has 8 nitrogen and oxygen atoms in total. The molecule has 0 bridgehead atoms. The van der Waals surface area contributed by atoms with Gasteiger partial charge in [0.15, 0.2) is 0 Å². The van der Waals surface area contributed by atoms with Crippen LogP contribution < -0.4 is 5.32 Å².